The molecule has 84 valence electrons. The Morgan fingerprint density at radius 3 is 2.33 bits per heavy atom. The monoisotopic (exact) mass is 225 g/mol. The minimum atomic E-state index is -4.61. The van der Waals surface area contributed by atoms with Crippen LogP contribution >= 0.6 is 0 Å². The average molecular weight is 225 g/mol. The van der Waals surface area contributed by atoms with Crippen LogP contribution in [0.15, 0.2) is 5.11 Å². The molecule has 0 aromatic heterocycles. The third-order valence-electron chi connectivity index (χ3n) is 1.34. The summed E-state index contributed by atoms with van der Waals surface area (Å²) in [5.74, 6) is -3.27. The molecule has 0 bridgehead atoms. The van der Waals surface area contributed by atoms with Crippen molar-refractivity contribution in [2.24, 2.45) is 5.11 Å². The second-order valence-corrected chi connectivity index (χ2v) is 2.61. The van der Waals surface area contributed by atoms with Crippen molar-refractivity contribution in [3.8, 4) is 0 Å². The van der Waals surface area contributed by atoms with Crippen molar-refractivity contribution in [3.05, 3.63) is 10.4 Å². The molecule has 0 radical (unpaired) electrons. The number of carboxylic acids is 1. The number of nitrogens with zero attached hydrogens (tertiary/aromatic N) is 3. The van der Waals surface area contributed by atoms with E-state index in [-0.39, 0.29) is 0 Å². The fraction of sp³-hybridized carbons (Fsp3) is 0.667. The van der Waals surface area contributed by atoms with Crippen LogP contribution in [-0.2, 0) is 9.59 Å². The summed E-state index contributed by atoms with van der Waals surface area (Å²) >= 11 is 0. The molecule has 0 amide bonds. The predicted octanol–water partition coefficient (Wildman–Crippen LogP) is 1.66. The number of Topliss-reactive ketones (excluding diaryl/α,β-unsaturated/α-hetero) is 1. The molecule has 0 aliphatic rings. The van der Waals surface area contributed by atoms with Gasteiger partial charge in [0.2, 0.25) is 5.78 Å². The van der Waals surface area contributed by atoms with Crippen LogP contribution in [0.3, 0.4) is 0 Å². The Bertz CT molecular complexity index is 308. The number of halogens is 3. The van der Waals surface area contributed by atoms with Gasteiger partial charge in [-0.1, -0.05) is 5.11 Å². The molecule has 1 atom stereocenters. The molecule has 1 N–H and O–H groups in total. The van der Waals surface area contributed by atoms with E-state index in [1.54, 1.807) is 0 Å². The third-order valence-corrected chi connectivity index (χ3v) is 1.34. The van der Waals surface area contributed by atoms with Crippen LogP contribution in [-0.4, -0.2) is 29.1 Å². The van der Waals surface area contributed by atoms with Gasteiger partial charge in [0, 0.05) is 11.3 Å². The van der Waals surface area contributed by atoms with Crippen molar-refractivity contribution >= 4 is 11.8 Å². The van der Waals surface area contributed by atoms with E-state index in [1.807, 2.05) is 0 Å². The zero-order chi connectivity index (χ0) is 12.1. The highest BCUT2D eigenvalue weighted by Gasteiger charge is 2.33. The van der Waals surface area contributed by atoms with Crippen LogP contribution in [0.1, 0.15) is 12.8 Å². The van der Waals surface area contributed by atoms with Crippen LogP contribution in [0.5, 0.6) is 0 Å². The maximum Gasteiger partial charge on any atom is 0.389 e. The number of carbonyl (C=O) groups excluding carboxylic acids is 1. The van der Waals surface area contributed by atoms with Gasteiger partial charge >= 0.3 is 12.1 Å². The van der Waals surface area contributed by atoms with Crippen molar-refractivity contribution in [1.82, 2.24) is 0 Å². The second-order valence-electron chi connectivity index (χ2n) is 2.61. The highest BCUT2D eigenvalue weighted by molar-refractivity contribution is 6.32. The van der Waals surface area contributed by atoms with Gasteiger partial charge in [-0.05, 0) is 5.53 Å². The Balaban J connectivity index is 4.48. The minimum Gasteiger partial charge on any atom is -0.476 e. The molecule has 0 aromatic rings. The van der Waals surface area contributed by atoms with E-state index < -0.39 is 36.8 Å². The van der Waals surface area contributed by atoms with E-state index in [0.29, 0.717) is 0 Å². The molecule has 1 unspecified atom stereocenters. The first-order valence-corrected chi connectivity index (χ1v) is 3.63. The summed E-state index contributed by atoms with van der Waals surface area (Å²) in [6.07, 6.45) is -7.09. The molecule has 0 saturated carbocycles. The first kappa shape index (κ1) is 13.2. The highest BCUT2D eigenvalue weighted by atomic mass is 19.4. The lowest BCUT2D eigenvalue weighted by atomic mass is 10.1. The van der Waals surface area contributed by atoms with E-state index in [1.165, 1.54) is 0 Å². The van der Waals surface area contributed by atoms with Crippen molar-refractivity contribution in [3.63, 3.8) is 0 Å². The summed E-state index contributed by atoms with van der Waals surface area (Å²) in [7, 11) is 0. The number of aliphatic carboxylic acids is 1. The second kappa shape index (κ2) is 5.20. The number of hydrogen-bond donors (Lipinski definition) is 1. The molecule has 6 nitrogen and oxygen atoms in total. The zero-order valence-corrected chi connectivity index (χ0v) is 7.23. The smallest absolute Gasteiger partial charge is 0.389 e. The Hall–Kier alpha value is -1.76. The summed E-state index contributed by atoms with van der Waals surface area (Å²) < 4.78 is 35.5. The first-order chi connectivity index (χ1) is 6.76. The SMILES string of the molecule is [N-]=[N+]=NC(CC(=O)C(=O)O)CC(F)(F)F. The summed E-state index contributed by atoms with van der Waals surface area (Å²) in [4.78, 5) is 22.7. The molecule has 0 fully saturated rings. The van der Waals surface area contributed by atoms with Gasteiger partial charge in [0.25, 0.3) is 0 Å². The molecule has 0 rings (SSSR count). The van der Waals surface area contributed by atoms with Crippen LogP contribution in [0.4, 0.5) is 13.2 Å². The largest absolute Gasteiger partial charge is 0.476 e. The minimum absolute atomic E-state index is 0.959. The molecule has 0 saturated heterocycles. The lowest BCUT2D eigenvalue weighted by Gasteiger charge is -2.11. The van der Waals surface area contributed by atoms with Crippen molar-refractivity contribution in [2.75, 3.05) is 0 Å². The number of ketones is 1. The normalized spacial score (nSPS) is 12.7. The quantitative estimate of drug-likeness (QED) is 0.333. The number of hydrogen-bond acceptors (Lipinski definition) is 3. The molecule has 0 aromatic carbocycles. The van der Waals surface area contributed by atoms with E-state index >= 15 is 0 Å². The average Bonchev–Trinajstić information content (AvgIpc) is 2.00. The Labute approximate surface area is 81.3 Å². The number of carbonyl (C=O) groups is 2. The number of rotatable bonds is 5. The first-order valence-electron chi connectivity index (χ1n) is 3.63. The molecule has 9 heteroatoms. The highest BCUT2D eigenvalue weighted by Crippen LogP contribution is 2.24. The van der Waals surface area contributed by atoms with Gasteiger partial charge in [0.15, 0.2) is 0 Å². The van der Waals surface area contributed by atoms with E-state index in [4.69, 9.17) is 10.6 Å². The maximum atomic E-state index is 11.8. The Morgan fingerprint density at radius 1 is 1.47 bits per heavy atom. The van der Waals surface area contributed by atoms with Gasteiger partial charge in [-0.15, -0.1) is 0 Å². The van der Waals surface area contributed by atoms with E-state index in [9.17, 15) is 22.8 Å². The third kappa shape index (κ3) is 6.33. The Kier molecular flexibility index (Phi) is 4.59. The summed E-state index contributed by atoms with van der Waals surface area (Å²) in [6.45, 7) is 0. The molecule has 0 heterocycles. The maximum absolute atomic E-state index is 11.8. The topological polar surface area (TPSA) is 103 Å². The van der Waals surface area contributed by atoms with E-state index in [0.717, 1.165) is 0 Å². The van der Waals surface area contributed by atoms with Gasteiger partial charge in [-0.2, -0.15) is 13.2 Å². The number of alkyl halides is 3. The van der Waals surface area contributed by atoms with Crippen LogP contribution in [0.2, 0.25) is 0 Å². The molecule has 0 aliphatic carbocycles. The van der Waals surface area contributed by atoms with E-state index in [2.05, 4.69) is 10.0 Å². The molecule has 0 spiro atoms. The Morgan fingerprint density at radius 2 is 2.00 bits per heavy atom. The zero-order valence-electron chi connectivity index (χ0n) is 7.23. The number of carboxylic acid groups (broad SMARTS) is 1. The molecule has 15 heavy (non-hydrogen) atoms. The van der Waals surface area contributed by atoms with Crippen molar-refractivity contribution in [2.45, 2.75) is 25.1 Å². The van der Waals surface area contributed by atoms with Gasteiger partial charge in [0.05, 0.1) is 12.5 Å². The van der Waals surface area contributed by atoms with Gasteiger partial charge in [-0.25, -0.2) is 4.79 Å². The van der Waals surface area contributed by atoms with Gasteiger partial charge < -0.3 is 5.11 Å². The summed E-state index contributed by atoms with van der Waals surface area (Å²) in [5.41, 5.74) is 7.92. The van der Waals surface area contributed by atoms with Crippen LogP contribution < -0.4 is 0 Å². The fourth-order valence-electron chi connectivity index (χ4n) is 0.795. The van der Waals surface area contributed by atoms with Crippen LogP contribution in [0, 0.1) is 0 Å². The fourth-order valence-corrected chi connectivity index (χ4v) is 0.795. The lowest BCUT2D eigenvalue weighted by molar-refractivity contribution is -0.151. The summed E-state index contributed by atoms with van der Waals surface area (Å²) in [5, 5.41) is 10.8. The summed E-state index contributed by atoms with van der Waals surface area (Å²) in [6, 6.07) is -1.71. The number of azide groups is 1. The van der Waals surface area contributed by atoms with Crippen molar-refractivity contribution in [1.29, 1.82) is 0 Å². The molecular weight excluding hydrogens is 219 g/mol. The molecule has 0 aliphatic heterocycles. The van der Waals surface area contributed by atoms with Crippen LogP contribution in [0.25, 0.3) is 10.4 Å². The standard InChI is InChI=1S/C6H6F3N3O3/c7-6(8,9)2-3(11-12-10)1-4(13)5(14)15/h3H,1-2H2,(H,14,15). The van der Waals surface area contributed by atoms with Gasteiger partial charge in [0.1, 0.15) is 0 Å². The van der Waals surface area contributed by atoms with Crippen molar-refractivity contribution < 1.29 is 27.9 Å². The predicted molar refractivity (Wildman–Crippen MR) is 40.9 cm³/mol. The molecular formula is C6H6F3N3O3. The lowest BCUT2D eigenvalue weighted by Crippen LogP contribution is -2.24. The van der Waals surface area contributed by atoms with Gasteiger partial charge in [-0.3, -0.25) is 4.79 Å².